The number of fused-ring (bicyclic) bond motifs is 1. The van der Waals surface area contributed by atoms with Gasteiger partial charge in [0.1, 0.15) is 5.00 Å². The van der Waals surface area contributed by atoms with Crippen LogP contribution in [0.1, 0.15) is 55.4 Å². The van der Waals surface area contributed by atoms with Crippen LogP contribution in [0.15, 0.2) is 54.6 Å². The van der Waals surface area contributed by atoms with Crippen molar-refractivity contribution in [1.82, 2.24) is 9.88 Å². The van der Waals surface area contributed by atoms with E-state index in [9.17, 15) is 14.4 Å². The number of ether oxygens (including phenoxy) is 1. The molecular formula is C29H29N3O4S. The molecule has 2 aromatic heterocycles. The predicted molar refractivity (Wildman–Crippen MR) is 148 cm³/mol. The molecule has 0 saturated carbocycles. The SMILES string of the molecule is CCN(CC)C(=O)c1sc(NC(=O)c2cc(-c3ccccc3C)nc3ccccc23)c(C(=O)OC)c1C. The van der Waals surface area contributed by atoms with Crippen molar-refractivity contribution >= 4 is 45.0 Å². The van der Waals surface area contributed by atoms with Gasteiger partial charge in [-0.3, -0.25) is 9.59 Å². The molecule has 37 heavy (non-hydrogen) atoms. The quantitative estimate of drug-likeness (QED) is 0.300. The highest BCUT2D eigenvalue weighted by Gasteiger charge is 2.28. The molecule has 0 bridgehead atoms. The summed E-state index contributed by atoms with van der Waals surface area (Å²) in [5.74, 6) is -1.20. The fourth-order valence-corrected chi connectivity index (χ4v) is 5.50. The van der Waals surface area contributed by atoms with Gasteiger partial charge in [0.15, 0.2) is 0 Å². The van der Waals surface area contributed by atoms with E-state index in [-0.39, 0.29) is 16.5 Å². The molecule has 4 aromatic rings. The lowest BCUT2D eigenvalue weighted by molar-refractivity contribution is 0.0601. The first-order valence-corrected chi connectivity index (χ1v) is 12.9. The minimum atomic E-state index is -0.608. The van der Waals surface area contributed by atoms with E-state index in [4.69, 9.17) is 9.72 Å². The Morgan fingerprint density at radius 3 is 2.35 bits per heavy atom. The van der Waals surface area contributed by atoms with Crippen LogP contribution in [0.2, 0.25) is 0 Å². The van der Waals surface area contributed by atoms with Gasteiger partial charge in [0.05, 0.1) is 34.3 Å². The number of thiophene rings is 1. The molecule has 0 saturated heterocycles. The number of aromatic nitrogens is 1. The molecule has 0 atom stereocenters. The number of rotatable bonds is 7. The summed E-state index contributed by atoms with van der Waals surface area (Å²) in [5, 5.41) is 3.86. The van der Waals surface area contributed by atoms with Gasteiger partial charge in [-0.25, -0.2) is 9.78 Å². The zero-order chi connectivity index (χ0) is 26.7. The molecule has 8 heteroatoms. The maximum absolute atomic E-state index is 13.7. The highest BCUT2D eigenvalue weighted by Crippen LogP contribution is 2.36. The molecule has 2 amide bonds. The fraction of sp³-hybridized carbons (Fsp3) is 0.241. The Kier molecular flexibility index (Phi) is 7.69. The van der Waals surface area contributed by atoms with E-state index in [2.05, 4.69) is 5.32 Å². The van der Waals surface area contributed by atoms with E-state index in [1.807, 2.05) is 69.3 Å². The van der Waals surface area contributed by atoms with Gasteiger partial charge in [-0.15, -0.1) is 11.3 Å². The van der Waals surface area contributed by atoms with Gasteiger partial charge in [-0.05, 0) is 51.0 Å². The molecule has 7 nitrogen and oxygen atoms in total. The lowest BCUT2D eigenvalue weighted by atomic mass is 10.0. The molecule has 4 rings (SSSR count). The van der Waals surface area contributed by atoms with Crippen LogP contribution in [-0.2, 0) is 4.74 Å². The van der Waals surface area contributed by atoms with Crippen LogP contribution in [0.5, 0.6) is 0 Å². The monoisotopic (exact) mass is 515 g/mol. The maximum atomic E-state index is 13.7. The Morgan fingerprint density at radius 1 is 1.00 bits per heavy atom. The smallest absolute Gasteiger partial charge is 0.341 e. The van der Waals surface area contributed by atoms with Crippen LogP contribution in [0.25, 0.3) is 22.2 Å². The number of hydrogen-bond donors (Lipinski definition) is 1. The van der Waals surface area contributed by atoms with Crippen molar-refractivity contribution in [3.05, 3.63) is 81.7 Å². The summed E-state index contributed by atoms with van der Waals surface area (Å²) in [4.78, 5) is 46.4. The second-order valence-corrected chi connectivity index (χ2v) is 9.59. The van der Waals surface area contributed by atoms with Gasteiger partial charge in [0, 0.05) is 24.0 Å². The van der Waals surface area contributed by atoms with Crippen LogP contribution in [0, 0.1) is 13.8 Å². The molecule has 190 valence electrons. The summed E-state index contributed by atoms with van der Waals surface area (Å²) in [6.07, 6.45) is 0. The number of carbonyl (C=O) groups is 3. The van der Waals surface area contributed by atoms with Gasteiger partial charge in [0.2, 0.25) is 0 Å². The lowest BCUT2D eigenvalue weighted by Crippen LogP contribution is -2.30. The van der Waals surface area contributed by atoms with Gasteiger partial charge >= 0.3 is 5.97 Å². The third-order valence-corrected chi connectivity index (χ3v) is 7.59. The van der Waals surface area contributed by atoms with Crippen molar-refractivity contribution in [3.8, 4) is 11.3 Å². The predicted octanol–water partition coefficient (Wildman–Crippen LogP) is 6.10. The van der Waals surface area contributed by atoms with Crippen LogP contribution in [0.4, 0.5) is 5.00 Å². The van der Waals surface area contributed by atoms with Crippen LogP contribution < -0.4 is 5.32 Å². The van der Waals surface area contributed by atoms with E-state index in [0.29, 0.717) is 45.7 Å². The Bertz CT molecular complexity index is 1500. The molecule has 0 radical (unpaired) electrons. The maximum Gasteiger partial charge on any atom is 0.341 e. The van der Waals surface area contributed by atoms with Gasteiger partial charge in [-0.2, -0.15) is 0 Å². The number of aryl methyl sites for hydroxylation is 1. The zero-order valence-corrected chi connectivity index (χ0v) is 22.4. The summed E-state index contributed by atoms with van der Waals surface area (Å²) in [6, 6.07) is 17.1. The standard InChI is InChI=1S/C29H29N3O4S/c1-6-32(7-2)28(34)25-18(4)24(29(35)36-5)27(37-25)31-26(33)21-16-23(19-13-9-8-12-17(19)3)30-22-15-11-10-14-20(21)22/h8-16H,6-7H2,1-5H3,(H,31,33). The molecular weight excluding hydrogens is 486 g/mol. The number of esters is 1. The van der Waals surface area contributed by atoms with Gasteiger partial charge in [0.25, 0.3) is 11.8 Å². The summed E-state index contributed by atoms with van der Waals surface area (Å²) in [6.45, 7) is 8.56. The number of nitrogens with one attached hydrogen (secondary N) is 1. The first-order chi connectivity index (χ1) is 17.8. The van der Waals surface area contributed by atoms with E-state index in [1.165, 1.54) is 7.11 Å². The van der Waals surface area contributed by atoms with Crippen molar-refractivity contribution in [2.75, 3.05) is 25.5 Å². The van der Waals surface area contributed by atoms with Gasteiger partial charge < -0.3 is 15.0 Å². The topological polar surface area (TPSA) is 88.6 Å². The molecule has 1 N–H and O–H groups in total. The molecule has 0 spiro atoms. The van der Waals surface area contributed by atoms with E-state index in [0.717, 1.165) is 22.5 Å². The minimum absolute atomic E-state index is 0.186. The van der Waals surface area contributed by atoms with Crippen molar-refractivity contribution in [2.24, 2.45) is 0 Å². The second-order valence-electron chi connectivity index (χ2n) is 8.57. The second kappa shape index (κ2) is 10.9. The van der Waals surface area contributed by atoms with Crippen LogP contribution in [-0.4, -0.2) is 47.9 Å². The summed E-state index contributed by atoms with van der Waals surface area (Å²) < 4.78 is 4.99. The molecule has 0 fully saturated rings. The number of carbonyl (C=O) groups excluding carboxylic acids is 3. The Morgan fingerprint density at radius 2 is 1.68 bits per heavy atom. The van der Waals surface area contributed by atoms with Crippen LogP contribution >= 0.6 is 11.3 Å². The minimum Gasteiger partial charge on any atom is -0.465 e. The largest absolute Gasteiger partial charge is 0.465 e. The number of benzene rings is 2. The fourth-order valence-electron chi connectivity index (χ4n) is 4.34. The third-order valence-electron chi connectivity index (χ3n) is 6.39. The Labute approximate surface area is 220 Å². The van der Waals surface area contributed by atoms with Gasteiger partial charge in [-0.1, -0.05) is 42.5 Å². The normalized spacial score (nSPS) is 10.8. The number of hydrogen-bond acceptors (Lipinski definition) is 6. The van der Waals surface area contributed by atoms with Crippen molar-refractivity contribution in [2.45, 2.75) is 27.7 Å². The molecule has 0 aliphatic heterocycles. The van der Waals surface area contributed by atoms with E-state index in [1.54, 1.807) is 17.9 Å². The highest BCUT2D eigenvalue weighted by molar-refractivity contribution is 7.18. The Balaban J connectivity index is 1.82. The summed E-state index contributed by atoms with van der Waals surface area (Å²) in [7, 11) is 1.28. The van der Waals surface area contributed by atoms with Crippen molar-refractivity contribution < 1.29 is 19.1 Å². The number of nitrogens with zero attached hydrogens (tertiary/aromatic N) is 2. The van der Waals surface area contributed by atoms with E-state index < -0.39 is 11.9 Å². The number of para-hydroxylation sites is 1. The number of pyridine rings is 1. The zero-order valence-electron chi connectivity index (χ0n) is 21.5. The average molecular weight is 516 g/mol. The lowest BCUT2D eigenvalue weighted by Gasteiger charge is -2.17. The van der Waals surface area contributed by atoms with Crippen molar-refractivity contribution in [1.29, 1.82) is 0 Å². The number of methoxy groups -OCH3 is 1. The van der Waals surface area contributed by atoms with Crippen LogP contribution in [0.3, 0.4) is 0 Å². The number of anilines is 1. The first-order valence-electron chi connectivity index (χ1n) is 12.1. The molecule has 0 unspecified atom stereocenters. The molecule has 2 aromatic carbocycles. The highest BCUT2D eigenvalue weighted by atomic mass is 32.1. The average Bonchev–Trinajstić information content (AvgIpc) is 3.23. The van der Waals surface area contributed by atoms with E-state index >= 15 is 0 Å². The third kappa shape index (κ3) is 4.97. The van der Waals surface area contributed by atoms with Crippen molar-refractivity contribution in [3.63, 3.8) is 0 Å². The Hall–Kier alpha value is -4.04. The molecule has 0 aliphatic carbocycles. The summed E-state index contributed by atoms with van der Waals surface area (Å²) in [5.41, 5.74) is 4.42. The number of amides is 2. The molecule has 0 aliphatic rings. The summed E-state index contributed by atoms with van der Waals surface area (Å²) >= 11 is 1.09. The first kappa shape index (κ1) is 26.0. The molecule has 2 heterocycles.